The molecule has 1 aromatic heterocycles. The molecular weight excluding hydrogens is 488 g/mol. The van der Waals surface area contributed by atoms with Gasteiger partial charge in [0.05, 0.1) is 22.8 Å². The number of benzene rings is 2. The number of carbonyl (C=O) groups is 1. The van der Waals surface area contributed by atoms with Crippen LogP contribution in [0.25, 0.3) is 11.3 Å². The van der Waals surface area contributed by atoms with Crippen LogP contribution >= 0.6 is 11.6 Å². The van der Waals surface area contributed by atoms with Crippen molar-refractivity contribution in [3.63, 3.8) is 0 Å². The van der Waals surface area contributed by atoms with E-state index in [1.54, 1.807) is 25.1 Å². The Morgan fingerprint density at radius 1 is 1.06 bits per heavy atom. The molecule has 3 aromatic rings. The first-order valence-electron chi connectivity index (χ1n) is 9.63. The Bertz CT molecular complexity index is 1170. The number of rotatable bonds is 6. The van der Waals surface area contributed by atoms with Crippen LogP contribution in [0.1, 0.15) is 22.8 Å². The largest absolute Gasteiger partial charge is 0.490 e. The summed E-state index contributed by atoms with van der Waals surface area (Å²) in [4.78, 5) is 19.5. The number of nitrogens with one attached hydrogen (secondary N) is 1. The third-order valence-corrected chi connectivity index (χ3v) is 5.05. The molecule has 34 heavy (non-hydrogen) atoms. The van der Waals surface area contributed by atoms with Gasteiger partial charge in [0, 0.05) is 11.1 Å². The van der Waals surface area contributed by atoms with Crippen molar-refractivity contribution in [1.82, 2.24) is 9.97 Å². The maximum Gasteiger partial charge on any atom is 0.490 e. The third kappa shape index (κ3) is 5.96. The lowest BCUT2D eigenvalue weighted by Crippen LogP contribution is -2.29. The highest BCUT2D eigenvalue weighted by Crippen LogP contribution is 2.37. The molecule has 0 aliphatic rings. The molecule has 1 heterocycles. The Hall–Kier alpha value is -3.34. The van der Waals surface area contributed by atoms with Gasteiger partial charge in [-0.15, -0.1) is 0 Å². The number of esters is 1. The molecule has 0 spiro atoms. The minimum atomic E-state index is -5.17. The minimum Gasteiger partial charge on any atom is -0.449 e. The molecule has 0 radical (unpaired) electrons. The van der Waals surface area contributed by atoms with E-state index in [4.69, 9.17) is 11.6 Å². The summed E-state index contributed by atoms with van der Waals surface area (Å²) in [5, 5.41) is 2.31. The van der Waals surface area contributed by atoms with E-state index in [-0.39, 0.29) is 23.6 Å². The molecule has 180 valence electrons. The van der Waals surface area contributed by atoms with Crippen LogP contribution < -0.4 is 5.32 Å². The second-order valence-corrected chi connectivity index (χ2v) is 7.48. The van der Waals surface area contributed by atoms with Gasteiger partial charge in [0.25, 0.3) is 0 Å². The predicted molar refractivity (Wildman–Crippen MR) is 112 cm³/mol. The molecule has 12 heteroatoms. The number of alkyl halides is 6. The van der Waals surface area contributed by atoms with E-state index in [1.807, 2.05) is 0 Å². The van der Waals surface area contributed by atoms with E-state index in [0.717, 1.165) is 18.5 Å². The van der Waals surface area contributed by atoms with Crippen LogP contribution in [-0.2, 0) is 15.7 Å². The van der Waals surface area contributed by atoms with Gasteiger partial charge in [0.2, 0.25) is 0 Å². The SMILES string of the molecule is Cc1c(NC[C@H](OC(=O)C(F)(F)F)c2ccccc2)ncnc1-c1ccc(C(F)(F)F)c(Cl)c1. The molecule has 0 aliphatic heterocycles. The van der Waals surface area contributed by atoms with Gasteiger partial charge in [0.1, 0.15) is 18.2 Å². The van der Waals surface area contributed by atoms with Crippen molar-refractivity contribution in [2.24, 2.45) is 0 Å². The first-order valence-corrected chi connectivity index (χ1v) is 10.0. The van der Waals surface area contributed by atoms with Crippen molar-refractivity contribution in [2.75, 3.05) is 11.9 Å². The molecule has 0 saturated heterocycles. The van der Waals surface area contributed by atoms with Crippen molar-refractivity contribution in [2.45, 2.75) is 25.4 Å². The molecule has 1 atom stereocenters. The monoisotopic (exact) mass is 503 g/mol. The zero-order valence-corrected chi connectivity index (χ0v) is 18.1. The molecule has 0 unspecified atom stereocenters. The van der Waals surface area contributed by atoms with Crippen LogP contribution in [0.5, 0.6) is 0 Å². The Balaban J connectivity index is 1.86. The van der Waals surface area contributed by atoms with Gasteiger partial charge < -0.3 is 10.1 Å². The van der Waals surface area contributed by atoms with Gasteiger partial charge in [0.15, 0.2) is 0 Å². The van der Waals surface area contributed by atoms with Crippen LogP contribution in [0.4, 0.5) is 32.2 Å². The van der Waals surface area contributed by atoms with E-state index in [1.165, 1.54) is 18.2 Å². The molecule has 0 aliphatic carbocycles. The fraction of sp³-hybridized carbons (Fsp3) is 0.227. The molecular formula is C22H16ClF6N3O2. The molecule has 0 fully saturated rings. The maximum absolute atomic E-state index is 13.0. The quantitative estimate of drug-likeness (QED) is 0.312. The Labute approximate surface area is 194 Å². The summed E-state index contributed by atoms with van der Waals surface area (Å²) in [6.45, 7) is 1.30. The number of ether oxygens (including phenoxy) is 1. The smallest absolute Gasteiger partial charge is 0.449 e. The van der Waals surface area contributed by atoms with Crippen LogP contribution in [0.15, 0.2) is 54.9 Å². The maximum atomic E-state index is 13.0. The van der Waals surface area contributed by atoms with Crippen LogP contribution in [-0.4, -0.2) is 28.7 Å². The molecule has 0 saturated carbocycles. The highest BCUT2D eigenvalue weighted by atomic mass is 35.5. The summed E-state index contributed by atoms with van der Waals surface area (Å²) in [7, 11) is 0. The molecule has 3 rings (SSSR count). The van der Waals surface area contributed by atoms with Crippen LogP contribution in [0.3, 0.4) is 0 Å². The average molecular weight is 504 g/mol. The predicted octanol–water partition coefficient (Wildman–Crippen LogP) is 6.38. The number of hydrogen-bond donors (Lipinski definition) is 1. The van der Waals surface area contributed by atoms with E-state index in [0.29, 0.717) is 11.1 Å². The van der Waals surface area contributed by atoms with E-state index in [2.05, 4.69) is 20.0 Å². The normalized spacial score (nSPS) is 12.8. The third-order valence-electron chi connectivity index (χ3n) is 4.74. The van der Waals surface area contributed by atoms with E-state index in [9.17, 15) is 31.1 Å². The van der Waals surface area contributed by atoms with Gasteiger partial charge in [-0.1, -0.05) is 48.0 Å². The molecule has 5 nitrogen and oxygen atoms in total. The van der Waals surface area contributed by atoms with Gasteiger partial charge in [-0.05, 0) is 24.6 Å². The number of nitrogens with zero attached hydrogens (tertiary/aromatic N) is 2. The average Bonchev–Trinajstić information content (AvgIpc) is 2.76. The second-order valence-electron chi connectivity index (χ2n) is 7.07. The van der Waals surface area contributed by atoms with Gasteiger partial charge in [-0.25, -0.2) is 14.8 Å². The molecule has 0 amide bonds. The minimum absolute atomic E-state index is 0.185. The first kappa shape index (κ1) is 25.3. The number of carbonyl (C=O) groups excluding carboxylic acids is 1. The summed E-state index contributed by atoms with van der Waals surface area (Å²) < 4.78 is 81.8. The lowest BCUT2D eigenvalue weighted by Gasteiger charge is -2.21. The van der Waals surface area contributed by atoms with Crippen molar-refractivity contribution < 1.29 is 35.9 Å². The Kier molecular flexibility index (Phi) is 7.35. The van der Waals surface area contributed by atoms with Crippen LogP contribution in [0, 0.1) is 6.92 Å². The van der Waals surface area contributed by atoms with Crippen LogP contribution in [0.2, 0.25) is 5.02 Å². The molecule has 1 N–H and O–H groups in total. The topological polar surface area (TPSA) is 64.1 Å². The lowest BCUT2D eigenvalue weighted by molar-refractivity contribution is -0.204. The summed E-state index contributed by atoms with van der Waals surface area (Å²) >= 11 is 5.79. The van der Waals surface area contributed by atoms with Crippen molar-refractivity contribution >= 4 is 23.4 Å². The number of halogens is 7. The lowest BCUT2D eigenvalue weighted by atomic mass is 10.0. The molecule has 0 bridgehead atoms. The van der Waals surface area contributed by atoms with Gasteiger partial charge >= 0.3 is 18.3 Å². The van der Waals surface area contributed by atoms with Crippen molar-refractivity contribution in [1.29, 1.82) is 0 Å². The van der Waals surface area contributed by atoms with Gasteiger partial charge in [-0.2, -0.15) is 26.3 Å². The van der Waals surface area contributed by atoms with E-state index >= 15 is 0 Å². The molecule has 2 aromatic carbocycles. The summed E-state index contributed by atoms with van der Waals surface area (Å²) in [6, 6.07) is 10.9. The summed E-state index contributed by atoms with van der Waals surface area (Å²) in [6.07, 6.45) is -9.96. The van der Waals surface area contributed by atoms with Crippen molar-refractivity contribution in [3.8, 4) is 11.3 Å². The Morgan fingerprint density at radius 3 is 2.32 bits per heavy atom. The first-order chi connectivity index (χ1) is 15.9. The summed E-state index contributed by atoms with van der Waals surface area (Å²) in [5.41, 5.74) is 0.252. The second kappa shape index (κ2) is 9.88. The summed E-state index contributed by atoms with van der Waals surface area (Å²) in [5.74, 6) is -2.16. The fourth-order valence-corrected chi connectivity index (χ4v) is 3.38. The highest BCUT2D eigenvalue weighted by Gasteiger charge is 2.42. The Morgan fingerprint density at radius 2 is 1.74 bits per heavy atom. The van der Waals surface area contributed by atoms with Crippen molar-refractivity contribution in [3.05, 3.63) is 76.6 Å². The highest BCUT2D eigenvalue weighted by molar-refractivity contribution is 6.31. The van der Waals surface area contributed by atoms with Gasteiger partial charge in [-0.3, -0.25) is 0 Å². The number of aromatic nitrogens is 2. The number of hydrogen-bond acceptors (Lipinski definition) is 5. The fourth-order valence-electron chi connectivity index (χ4n) is 3.09. The zero-order chi connectivity index (χ0) is 25.1. The zero-order valence-electron chi connectivity index (χ0n) is 17.3. The number of anilines is 1. The standard InChI is InChI=1S/C22H16ClF6N3O2/c1-12-18(14-7-8-15(16(23)9-14)21(24,25)26)31-11-32-19(12)30-10-17(13-5-3-2-4-6-13)34-20(33)22(27,28)29/h2-9,11,17H,10H2,1H3,(H,30,31,32)/t17-/m0/s1. The van der Waals surface area contributed by atoms with E-state index < -0.39 is 35.0 Å².